The standard InChI is InChI=1S/C18H22O3/c1-10(2)18(11(3)19)12-6-7-13(18)17-15(21-5)9-8-14(20-4)16(12)17/h8-9,12-13H,1,6-7H2,2-5H3/t12-,13-/m0/s1. The molecule has 0 aromatic heterocycles. The zero-order valence-corrected chi connectivity index (χ0v) is 13.2. The van der Waals surface area contributed by atoms with Gasteiger partial charge in [-0.1, -0.05) is 12.2 Å². The molecular formula is C18H22O3. The summed E-state index contributed by atoms with van der Waals surface area (Å²) in [5.41, 5.74) is 2.80. The quantitative estimate of drug-likeness (QED) is 0.789. The van der Waals surface area contributed by atoms with Crippen LogP contribution in [0.3, 0.4) is 0 Å². The fourth-order valence-corrected chi connectivity index (χ4v) is 4.83. The van der Waals surface area contributed by atoms with E-state index < -0.39 is 5.41 Å². The lowest BCUT2D eigenvalue weighted by molar-refractivity contribution is -0.125. The van der Waals surface area contributed by atoms with Crippen LogP contribution in [0.15, 0.2) is 24.3 Å². The van der Waals surface area contributed by atoms with E-state index in [-0.39, 0.29) is 17.6 Å². The number of carbonyl (C=O) groups excluding carboxylic acids is 1. The van der Waals surface area contributed by atoms with E-state index in [2.05, 4.69) is 6.58 Å². The summed E-state index contributed by atoms with van der Waals surface area (Å²) < 4.78 is 11.1. The first kappa shape index (κ1) is 14.2. The summed E-state index contributed by atoms with van der Waals surface area (Å²) in [6, 6.07) is 3.89. The van der Waals surface area contributed by atoms with Crippen LogP contribution >= 0.6 is 0 Å². The van der Waals surface area contributed by atoms with E-state index >= 15 is 0 Å². The molecule has 1 aromatic carbocycles. The Labute approximate surface area is 125 Å². The topological polar surface area (TPSA) is 35.5 Å². The Morgan fingerprint density at radius 1 is 1.10 bits per heavy atom. The highest BCUT2D eigenvalue weighted by Crippen LogP contribution is 2.70. The van der Waals surface area contributed by atoms with Crippen molar-refractivity contribution in [3.8, 4) is 11.5 Å². The molecule has 1 aromatic rings. The minimum absolute atomic E-state index is 0.164. The molecule has 0 aliphatic heterocycles. The lowest BCUT2D eigenvalue weighted by Crippen LogP contribution is -2.33. The van der Waals surface area contributed by atoms with Crippen LogP contribution in [0.1, 0.15) is 49.7 Å². The molecule has 3 rings (SSSR count). The first-order valence-electron chi connectivity index (χ1n) is 7.41. The molecule has 112 valence electrons. The van der Waals surface area contributed by atoms with E-state index in [1.165, 1.54) is 0 Å². The first-order chi connectivity index (χ1) is 9.99. The van der Waals surface area contributed by atoms with Crippen molar-refractivity contribution in [3.05, 3.63) is 35.4 Å². The number of hydrogen-bond acceptors (Lipinski definition) is 3. The summed E-state index contributed by atoms with van der Waals surface area (Å²) in [5, 5.41) is 0. The second-order valence-corrected chi connectivity index (χ2v) is 6.19. The highest BCUT2D eigenvalue weighted by molar-refractivity contribution is 5.91. The Morgan fingerprint density at radius 2 is 1.52 bits per heavy atom. The van der Waals surface area contributed by atoms with Crippen molar-refractivity contribution in [2.24, 2.45) is 5.41 Å². The molecule has 0 spiro atoms. The van der Waals surface area contributed by atoms with Gasteiger partial charge in [0.2, 0.25) is 0 Å². The molecule has 3 heteroatoms. The molecule has 1 saturated carbocycles. The highest BCUT2D eigenvalue weighted by Gasteiger charge is 2.62. The summed E-state index contributed by atoms with van der Waals surface area (Å²) in [6.45, 7) is 7.85. The molecule has 0 amide bonds. The first-order valence-corrected chi connectivity index (χ1v) is 7.41. The van der Waals surface area contributed by atoms with Crippen LogP contribution in [0.2, 0.25) is 0 Å². The molecule has 0 N–H and O–H groups in total. The lowest BCUT2D eigenvalue weighted by atomic mass is 9.68. The Balaban J connectivity index is 2.32. The van der Waals surface area contributed by atoms with Crippen LogP contribution in [-0.4, -0.2) is 20.0 Å². The van der Waals surface area contributed by atoms with Crippen LogP contribution in [0.25, 0.3) is 0 Å². The van der Waals surface area contributed by atoms with Gasteiger partial charge in [-0.15, -0.1) is 0 Å². The monoisotopic (exact) mass is 286 g/mol. The molecule has 0 saturated heterocycles. The fourth-order valence-electron chi connectivity index (χ4n) is 4.83. The van der Waals surface area contributed by atoms with Gasteiger partial charge in [0.1, 0.15) is 17.3 Å². The molecule has 3 nitrogen and oxygen atoms in total. The van der Waals surface area contributed by atoms with Gasteiger partial charge in [-0.2, -0.15) is 0 Å². The number of rotatable bonds is 4. The van der Waals surface area contributed by atoms with Gasteiger partial charge in [0.15, 0.2) is 0 Å². The molecule has 21 heavy (non-hydrogen) atoms. The van der Waals surface area contributed by atoms with Crippen LogP contribution in [0.4, 0.5) is 0 Å². The number of fused-ring (bicyclic) bond motifs is 5. The minimum Gasteiger partial charge on any atom is -0.496 e. The maximum absolute atomic E-state index is 12.6. The highest BCUT2D eigenvalue weighted by atomic mass is 16.5. The summed E-state index contributed by atoms with van der Waals surface area (Å²) in [6.07, 6.45) is 2.02. The molecule has 2 aliphatic rings. The van der Waals surface area contributed by atoms with Gasteiger partial charge < -0.3 is 9.47 Å². The van der Waals surface area contributed by atoms with E-state index in [4.69, 9.17) is 9.47 Å². The number of ketones is 1. The predicted molar refractivity (Wildman–Crippen MR) is 82.2 cm³/mol. The van der Waals surface area contributed by atoms with Gasteiger partial charge in [0.25, 0.3) is 0 Å². The minimum atomic E-state index is -0.482. The summed E-state index contributed by atoms with van der Waals surface area (Å²) in [4.78, 5) is 12.6. The lowest BCUT2D eigenvalue weighted by Gasteiger charge is -2.33. The number of ether oxygens (including phenoxy) is 2. The Morgan fingerprint density at radius 3 is 1.81 bits per heavy atom. The number of allylic oxidation sites excluding steroid dienone is 1. The van der Waals surface area contributed by atoms with Crippen molar-refractivity contribution in [2.45, 2.75) is 38.5 Å². The maximum Gasteiger partial charge on any atom is 0.141 e. The molecule has 0 heterocycles. The van der Waals surface area contributed by atoms with Gasteiger partial charge in [0.05, 0.1) is 19.6 Å². The van der Waals surface area contributed by atoms with Crippen molar-refractivity contribution >= 4 is 5.78 Å². The largest absolute Gasteiger partial charge is 0.496 e. The van der Waals surface area contributed by atoms with Crippen LogP contribution in [-0.2, 0) is 4.79 Å². The number of benzene rings is 1. The van der Waals surface area contributed by atoms with Crippen molar-refractivity contribution in [3.63, 3.8) is 0 Å². The third kappa shape index (κ3) is 1.52. The average Bonchev–Trinajstić information content (AvgIpc) is 2.99. The summed E-state index contributed by atoms with van der Waals surface area (Å²) in [7, 11) is 3.37. The van der Waals surface area contributed by atoms with Crippen LogP contribution in [0.5, 0.6) is 11.5 Å². The van der Waals surface area contributed by atoms with Crippen molar-refractivity contribution in [2.75, 3.05) is 14.2 Å². The normalized spacial score (nSPS) is 29.1. The van der Waals surface area contributed by atoms with Gasteiger partial charge in [-0.25, -0.2) is 0 Å². The average molecular weight is 286 g/mol. The van der Waals surface area contributed by atoms with Crippen LogP contribution < -0.4 is 9.47 Å². The zero-order chi connectivity index (χ0) is 15.4. The van der Waals surface area contributed by atoms with E-state index in [0.29, 0.717) is 0 Å². The van der Waals surface area contributed by atoms with Crippen molar-refractivity contribution in [1.29, 1.82) is 0 Å². The summed E-state index contributed by atoms with van der Waals surface area (Å²) in [5.74, 6) is 2.27. The zero-order valence-electron chi connectivity index (χ0n) is 13.2. The van der Waals surface area contributed by atoms with Gasteiger partial charge in [-0.05, 0) is 38.8 Å². The number of Topliss-reactive ketones (excluding diaryl/α,β-unsaturated/α-hetero) is 1. The molecule has 2 atom stereocenters. The third-order valence-electron chi connectivity index (χ3n) is 5.48. The Bertz CT molecular complexity index is 575. The maximum atomic E-state index is 12.6. The number of methoxy groups -OCH3 is 2. The van der Waals surface area contributed by atoms with E-state index in [1.54, 1.807) is 21.1 Å². The Hall–Kier alpha value is -1.77. The Kier molecular flexibility index (Phi) is 3.12. The number of carbonyl (C=O) groups is 1. The molecule has 0 unspecified atom stereocenters. The molecular weight excluding hydrogens is 264 g/mol. The van der Waals surface area contributed by atoms with Crippen LogP contribution in [0, 0.1) is 5.41 Å². The molecule has 0 radical (unpaired) electrons. The third-order valence-corrected chi connectivity index (χ3v) is 5.48. The van der Waals surface area contributed by atoms with Gasteiger partial charge >= 0.3 is 0 Å². The smallest absolute Gasteiger partial charge is 0.141 e. The predicted octanol–water partition coefficient (Wildman–Crippen LogP) is 3.83. The van der Waals surface area contributed by atoms with E-state index in [9.17, 15) is 4.79 Å². The van der Waals surface area contributed by atoms with Gasteiger partial charge in [0, 0.05) is 23.0 Å². The molecule has 2 bridgehead atoms. The fraction of sp³-hybridized carbons (Fsp3) is 0.500. The van der Waals surface area contributed by atoms with Gasteiger partial charge in [-0.3, -0.25) is 4.79 Å². The van der Waals surface area contributed by atoms with Crippen molar-refractivity contribution < 1.29 is 14.3 Å². The second-order valence-electron chi connectivity index (χ2n) is 6.19. The SMILES string of the molecule is C=C(C)C1(C(C)=O)[C@H]2CC[C@H]1c1c(OC)ccc(OC)c12. The molecule has 2 aliphatic carbocycles. The summed E-state index contributed by atoms with van der Waals surface area (Å²) >= 11 is 0. The molecule has 1 fully saturated rings. The second kappa shape index (κ2) is 4.62. The van der Waals surface area contributed by atoms with E-state index in [1.807, 2.05) is 19.1 Å². The van der Waals surface area contributed by atoms with Crippen molar-refractivity contribution in [1.82, 2.24) is 0 Å². The number of hydrogen-bond donors (Lipinski definition) is 0. The van der Waals surface area contributed by atoms with E-state index in [0.717, 1.165) is 41.0 Å².